The summed E-state index contributed by atoms with van der Waals surface area (Å²) in [5.74, 6) is -1.16. The van der Waals surface area contributed by atoms with Crippen LogP contribution in [0.1, 0.15) is 11.1 Å². The van der Waals surface area contributed by atoms with Crippen molar-refractivity contribution in [1.82, 2.24) is 5.43 Å². The number of nitrogens with zero attached hydrogens (tertiary/aromatic N) is 2. The molecule has 1 N–H and O–H groups in total. The number of hydrogen-bond acceptors (Lipinski definition) is 3. The lowest BCUT2D eigenvalue weighted by Gasteiger charge is -2.15. The molecule has 0 spiro atoms. The van der Waals surface area contributed by atoms with Crippen molar-refractivity contribution in [3.63, 3.8) is 0 Å². The highest BCUT2D eigenvalue weighted by Crippen LogP contribution is 2.16. The lowest BCUT2D eigenvalue weighted by Crippen LogP contribution is -2.25. The van der Waals surface area contributed by atoms with Crippen molar-refractivity contribution in [3.8, 4) is 0 Å². The zero-order valence-corrected chi connectivity index (χ0v) is 12.4. The largest absolute Gasteiger partial charge is 0.256 e. The monoisotopic (exact) mass is 317 g/mol. The van der Waals surface area contributed by atoms with E-state index in [1.807, 2.05) is 30.3 Å². The summed E-state index contributed by atoms with van der Waals surface area (Å²) in [6, 6.07) is 13.7. The molecule has 2 aromatic rings. The molecule has 2 aromatic carbocycles. The standard InChI is InChI=1S/C16H13F2N3S/c17-13-7-6-12(8-14(13)18)15-10-22-16(21-20-15)19-9-11-4-2-1-3-5-11/h1-8H,9-10H2,(H,19,21). The number of halogens is 2. The first kappa shape index (κ1) is 14.7. The number of amidine groups is 1. The van der Waals surface area contributed by atoms with Crippen LogP contribution in [0.5, 0.6) is 0 Å². The van der Waals surface area contributed by atoms with Crippen LogP contribution in [-0.4, -0.2) is 16.6 Å². The predicted octanol–water partition coefficient (Wildman–Crippen LogP) is 3.56. The Morgan fingerprint density at radius 1 is 1.09 bits per heavy atom. The Bertz CT molecular complexity index is 729. The first-order valence-corrected chi connectivity index (χ1v) is 7.70. The Morgan fingerprint density at radius 2 is 1.91 bits per heavy atom. The first-order valence-electron chi connectivity index (χ1n) is 6.71. The van der Waals surface area contributed by atoms with E-state index in [2.05, 4.69) is 15.5 Å². The molecule has 0 aliphatic carbocycles. The molecule has 22 heavy (non-hydrogen) atoms. The molecule has 3 rings (SSSR count). The highest BCUT2D eigenvalue weighted by Gasteiger charge is 2.14. The summed E-state index contributed by atoms with van der Waals surface area (Å²) in [7, 11) is 0. The van der Waals surface area contributed by atoms with E-state index in [-0.39, 0.29) is 0 Å². The summed E-state index contributed by atoms with van der Waals surface area (Å²) in [5, 5.41) is 4.91. The van der Waals surface area contributed by atoms with Gasteiger partial charge >= 0.3 is 0 Å². The SMILES string of the molecule is Fc1ccc(C2=NNC(=NCc3ccccc3)SC2)cc1F. The molecule has 0 aromatic heterocycles. The lowest BCUT2D eigenvalue weighted by atomic mass is 10.1. The van der Waals surface area contributed by atoms with E-state index in [4.69, 9.17) is 0 Å². The predicted molar refractivity (Wildman–Crippen MR) is 86.1 cm³/mol. The van der Waals surface area contributed by atoms with Crippen molar-refractivity contribution in [2.75, 3.05) is 5.75 Å². The number of aliphatic imine (C=N–C) groups is 1. The molecule has 0 saturated heterocycles. The van der Waals surface area contributed by atoms with Gasteiger partial charge in [0, 0.05) is 11.3 Å². The number of nitrogens with one attached hydrogen (secondary N) is 1. The van der Waals surface area contributed by atoms with Gasteiger partial charge in [-0.15, -0.1) is 0 Å². The van der Waals surface area contributed by atoms with Gasteiger partial charge in [-0.3, -0.25) is 10.4 Å². The van der Waals surface area contributed by atoms with Crippen LogP contribution < -0.4 is 5.43 Å². The maximum absolute atomic E-state index is 13.2. The molecule has 1 heterocycles. The van der Waals surface area contributed by atoms with Gasteiger partial charge in [-0.25, -0.2) is 8.78 Å². The molecule has 6 heteroatoms. The van der Waals surface area contributed by atoms with Crippen LogP contribution in [-0.2, 0) is 6.54 Å². The third-order valence-electron chi connectivity index (χ3n) is 3.13. The van der Waals surface area contributed by atoms with E-state index in [0.717, 1.165) is 22.9 Å². The summed E-state index contributed by atoms with van der Waals surface area (Å²) >= 11 is 1.49. The summed E-state index contributed by atoms with van der Waals surface area (Å²) in [6.07, 6.45) is 0. The molecule has 0 amide bonds. The van der Waals surface area contributed by atoms with E-state index in [1.54, 1.807) is 0 Å². The highest BCUT2D eigenvalue weighted by atomic mass is 32.2. The number of rotatable bonds is 3. The molecular formula is C16H13F2N3S. The zero-order chi connectivity index (χ0) is 15.4. The molecule has 1 aliphatic heterocycles. The van der Waals surface area contributed by atoms with Crippen molar-refractivity contribution in [3.05, 3.63) is 71.3 Å². The molecule has 112 valence electrons. The third-order valence-corrected chi connectivity index (χ3v) is 4.04. The molecule has 0 radical (unpaired) electrons. The number of thioether (sulfide) groups is 1. The third kappa shape index (κ3) is 3.51. The van der Waals surface area contributed by atoms with Crippen LogP contribution in [0.4, 0.5) is 8.78 Å². The average molecular weight is 317 g/mol. The van der Waals surface area contributed by atoms with Crippen molar-refractivity contribution in [2.45, 2.75) is 6.54 Å². The minimum atomic E-state index is -0.867. The van der Waals surface area contributed by atoms with Gasteiger partial charge in [0.15, 0.2) is 16.8 Å². The minimum absolute atomic E-state index is 0.561. The van der Waals surface area contributed by atoms with Gasteiger partial charge in [-0.1, -0.05) is 42.1 Å². The molecular weight excluding hydrogens is 304 g/mol. The average Bonchev–Trinajstić information content (AvgIpc) is 2.57. The molecule has 0 unspecified atom stereocenters. The van der Waals surface area contributed by atoms with Gasteiger partial charge < -0.3 is 0 Å². The zero-order valence-electron chi connectivity index (χ0n) is 11.6. The van der Waals surface area contributed by atoms with Gasteiger partial charge in [0.25, 0.3) is 0 Å². The second-order valence-electron chi connectivity index (χ2n) is 4.69. The van der Waals surface area contributed by atoms with Crippen LogP contribution >= 0.6 is 11.8 Å². The molecule has 0 bridgehead atoms. The first-order chi connectivity index (χ1) is 10.7. The van der Waals surface area contributed by atoms with E-state index in [9.17, 15) is 8.78 Å². The summed E-state index contributed by atoms with van der Waals surface area (Å²) in [5.41, 5.74) is 5.21. The van der Waals surface area contributed by atoms with Gasteiger partial charge in [0.1, 0.15) is 0 Å². The topological polar surface area (TPSA) is 36.8 Å². The molecule has 3 nitrogen and oxygen atoms in total. The van der Waals surface area contributed by atoms with E-state index >= 15 is 0 Å². The Hall–Kier alpha value is -2.21. The highest BCUT2D eigenvalue weighted by molar-refractivity contribution is 8.14. The normalized spacial score (nSPS) is 16.3. The number of hydrogen-bond donors (Lipinski definition) is 1. The number of benzene rings is 2. The van der Waals surface area contributed by atoms with Crippen molar-refractivity contribution in [1.29, 1.82) is 0 Å². The molecule has 0 atom stereocenters. The van der Waals surface area contributed by atoms with E-state index < -0.39 is 11.6 Å². The Morgan fingerprint density at radius 3 is 2.59 bits per heavy atom. The summed E-state index contributed by atoms with van der Waals surface area (Å²) < 4.78 is 26.2. The van der Waals surface area contributed by atoms with Gasteiger partial charge in [0.05, 0.1) is 12.3 Å². The Kier molecular flexibility index (Phi) is 4.48. The maximum atomic E-state index is 13.2. The second kappa shape index (κ2) is 6.70. The van der Waals surface area contributed by atoms with Crippen LogP contribution in [0.2, 0.25) is 0 Å². The fourth-order valence-electron chi connectivity index (χ4n) is 1.97. The lowest BCUT2D eigenvalue weighted by molar-refractivity contribution is 0.508. The molecule has 0 saturated carbocycles. The smallest absolute Gasteiger partial charge is 0.177 e. The van der Waals surface area contributed by atoms with E-state index in [1.165, 1.54) is 17.8 Å². The van der Waals surface area contributed by atoms with Crippen LogP contribution in [0.15, 0.2) is 58.6 Å². The van der Waals surface area contributed by atoms with Gasteiger partial charge in [-0.05, 0) is 23.8 Å². The van der Waals surface area contributed by atoms with E-state index in [0.29, 0.717) is 23.6 Å². The second-order valence-corrected chi connectivity index (χ2v) is 5.66. The van der Waals surface area contributed by atoms with Crippen LogP contribution in [0.3, 0.4) is 0 Å². The fourth-order valence-corrected chi connectivity index (χ4v) is 2.74. The summed E-state index contributed by atoms with van der Waals surface area (Å²) in [6.45, 7) is 0.576. The molecule has 1 aliphatic rings. The van der Waals surface area contributed by atoms with Crippen LogP contribution in [0, 0.1) is 11.6 Å². The fraction of sp³-hybridized carbons (Fsp3) is 0.125. The van der Waals surface area contributed by atoms with Gasteiger partial charge in [-0.2, -0.15) is 5.10 Å². The van der Waals surface area contributed by atoms with Crippen molar-refractivity contribution >= 4 is 22.6 Å². The van der Waals surface area contributed by atoms with Crippen molar-refractivity contribution in [2.24, 2.45) is 10.1 Å². The Balaban J connectivity index is 1.67. The summed E-state index contributed by atoms with van der Waals surface area (Å²) in [4.78, 5) is 4.44. The number of hydrazone groups is 1. The van der Waals surface area contributed by atoms with Crippen LogP contribution in [0.25, 0.3) is 0 Å². The van der Waals surface area contributed by atoms with Crippen molar-refractivity contribution < 1.29 is 8.78 Å². The minimum Gasteiger partial charge on any atom is -0.256 e. The molecule has 0 fully saturated rings. The maximum Gasteiger partial charge on any atom is 0.177 e. The quantitative estimate of drug-likeness (QED) is 0.940. The van der Waals surface area contributed by atoms with Gasteiger partial charge in [0.2, 0.25) is 0 Å². The Labute approximate surface area is 131 Å².